The lowest BCUT2D eigenvalue weighted by atomic mass is 10.2. The molecule has 0 fully saturated rings. The zero-order valence-corrected chi connectivity index (χ0v) is 10.3. The summed E-state index contributed by atoms with van der Waals surface area (Å²) in [5.41, 5.74) is 0. The standard InChI is InChI=1S/C11H18N4O3/c1-2-8(10(16)17)15-11(18)14-5-3-4-9-12-6-7-13-9/h6-8H,2-5H2,1H3,(H,12,13)(H,16,17)(H2,14,15,18)/t8-/m1/s1. The summed E-state index contributed by atoms with van der Waals surface area (Å²) in [6.07, 6.45) is 5.26. The van der Waals surface area contributed by atoms with Gasteiger partial charge in [0, 0.05) is 25.4 Å². The molecule has 1 rings (SSSR count). The van der Waals surface area contributed by atoms with Crippen molar-refractivity contribution in [2.75, 3.05) is 6.54 Å². The molecule has 0 radical (unpaired) electrons. The van der Waals surface area contributed by atoms with Crippen LogP contribution in [-0.2, 0) is 11.2 Å². The number of imidazole rings is 1. The fraction of sp³-hybridized carbons (Fsp3) is 0.545. The van der Waals surface area contributed by atoms with Crippen molar-refractivity contribution in [3.63, 3.8) is 0 Å². The fourth-order valence-electron chi connectivity index (χ4n) is 1.44. The molecule has 100 valence electrons. The molecular weight excluding hydrogens is 236 g/mol. The van der Waals surface area contributed by atoms with E-state index < -0.39 is 18.0 Å². The van der Waals surface area contributed by atoms with Crippen LogP contribution in [0.25, 0.3) is 0 Å². The van der Waals surface area contributed by atoms with E-state index in [4.69, 9.17) is 5.11 Å². The fourth-order valence-corrected chi connectivity index (χ4v) is 1.44. The maximum Gasteiger partial charge on any atom is 0.326 e. The van der Waals surface area contributed by atoms with Gasteiger partial charge >= 0.3 is 12.0 Å². The Kier molecular flexibility index (Phi) is 5.69. The van der Waals surface area contributed by atoms with Crippen LogP contribution in [0.5, 0.6) is 0 Å². The number of nitrogens with one attached hydrogen (secondary N) is 3. The van der Waals surface area contributed by atoms with Crippen LogP contribution in [0.4, 0.5) is 4.79 Å². The summed E-state index contributed by atoms with van der Waals surface area (Å²) in [5.74, 6) is -0.155. The number of rotatable bonds is 7. The molecule has 0 bridgehead atoms. The maximum absolute atomic E-state index is 11.4. The van der Waals surface area contributed by atoms with Crippen LogP contribution in [0.1, 0.15) is 25.6 Å². The van der Waals surface area contributed by atoms with Crippen molar-refractivity contribution in [3.05, 3.63) is 18.2 Å². The highest BCUT2D eigenvalue weighted by molar-refractivity contribution is 5.82. The molecule has 0 aliphatic rings. The minimum absolute atomic E-state index is 0.356. The number of aliphatic carboxylic acids is 1. The van der Waals surface area contributed by atoms with Crippen molar-refractivity contribution in [2.45, 2.75) is 32.2 Å². The SMILES string of the molecule is CC[C@@H](NC(=O)NCCCc1ncc[nH]1)C(=O)O. The summed E-state index contributed by atoms with van der Waals surface area (Å²) in [4.78, 5) is 29.1. The number of hydrogen-bond donors (Lipinski definition) is 4. The number of amides is 2. The van der Waals surface area contributed by atoms with Gasteiger partial charge in [-0.2, -0.15) is 0 Å². The van der Waals surface area contributed by atoms with Gasteiger partial charge in [0.15, 0.2) is 0 Å². The Hall–Kier alpha value is -2.05. The molecule has 0 aliphatic heterocycles. The smallest absolute Gasteiger partial charge is 0.326 e. The highest BCUT2D eigenvalue weighted by atomic mass is 16.4. The first-order valence-corrected chi connectivity index (χ1v) is 5.89. The van der Waals surface area contributed by atoms with E-state index >= 15 is 0 Å². The predicted octanol–water partition coefficient (Wildman–Crippen LogP) is 0.505. The molecular formula is C11H18N4O3. The second kappa shape index (κ2) is 7.31. The molecule has 1 atom stereocenters. The van der Waals surface area contributed by atoms with Crippen molar-refractivity contribution in [3.8, 4) is 0 Å². The number of aryl methyl sites for hydroxylation is 1. The first-order valence-electron chi connectivity index (χ1n) is 5.89. The third kappa shape index (κ3) is 4.86. The minimum atomic E-state index is -1.02. The van der Waals surface area contributed by atoms with Gasteiger partial charge in [0.1, 0.15) is 11.9 Å². The Morgan fingerprint density at radius 2 is 2.33 bits per heavy atom. The number of aromatic nitrogens is 2. The molecule has 7 heteroatoms. The van der Waals surface area contributed by atoms with Crippen molar-refractivity contribution >= 4 is 12.0 Å². The molecule has 7 nitrogen and oxygen atoms in total. The summed E-state index contributed by atoms with van der Waals surface area (Å²) in [6.45, 7) is 2.18. The van der Waals surface area contributed by atoms with Gasteiger partial charge in [0.05, 0.1) is 0 Å². The summed E-state index contributed by atoms with van der Waals surface area (Å²) >= 11 is 0. The molecule has 4 N–H and O–H groups in total. The van der Waals surface area contributed by atoms with E-state index in [0.717, 1.165) is 18.7 Å². The molecule has 2 amide bonds. The molecule has 0 unspecified atom stereocenters. The normalized spacial score (nSPS) is 11.8. The van der Waals surface area contributed by atoms with Gasteiger partial charge in [-0.3, -0.25) is 0 Å². The molecule has 1 aromatic rings. The Morgan fingerprint density at radius 3 is 2.89 bits per heavy atom. The van der Waals surface area contributed by atoms with Crippen molar-refractivity contribution in [1.29, 1.82) is 0 Å². The number of H-pyrrole nitrogens is 1. The third-order valence-electron chi connectivity index (χ3n) is 2.44. The number of carbonyl (C=O) groups excluding carboxylic acids is 1. The molecule has 18 heavy (non-hydrogen) atoms. The van der Waals surface area contributed by atoms with Gasteiger partial charge < -0.3 is 20.7 Å². The van der Waals surface area contributed by atoms with E-state index in [1.165, 1.54) is 0 Å². The molecule has 0 aromatic carbocycles. The predicted molar refractivity (Wildman–Crippen MR) is 65.2 cm³/mol. The number of carboxylic acid groups (broad SMARTS) is 1. The lowest BCUT2D eigenvalue weighted by molar-refractivity contribution is -0.139. The van der Waals surface area contributed by atoms with Crippen LogP contribution in [-0.4, -0.2) is 39.7 Å². The monoisotopic (exact) mass is 254 g/mol. The van der Waals surface area contributed by atoms with Gasteiger partial charge in [-0.05, 0) is 12.8 Å². The largest absolute Gasteiger partial charge is 0.480 e. The van der Waals surface area contributed by atoms with E-state index in [1.54, 1.807) is 19.3 Å². The summed E-state index contributed by atoms with van der Waals surface area (Å²) in [7, 11) is 0. The Morgan fingerprint density at radius 1 is 1.56 bits per heavy atom. The summed E-state index contributed by atoms with van der Waals surface area (Å²) in [6, 6.07) is -1.29. The van der Waals surface area contributed by atoms with Crippen molar-refractivity contribution in [1.82, 2.24) is 20.6 Å². The second-order valence-corrected chi connectivity index (χ2v) is 3.84. The van der Waals surface area contributed by atoms with Gasteiger partial charge in [-0.25, -0.2) is 14.6 Å². The lowest BCUT2D eigenvalue weighted by Crippen LogP contribution is -2.45. The molecule has 0 spiro atoms. The number of carboxylic acids is 1. The van der Waals surface area contributed by atoms with Gasteiger partial charge in [0.2, 0.25) is 0 Å². The average Bonchev–Trinajstić information content (AvgIpc) is 2.84. The van der Waals surface area contributed by atoms with Crippen LogP contribution in [0.3, 0.4) is 0 Å². The highest BCUT2D eigenvalue weighted by Crippen LogP contribution is 1.94. The molecule has 1 heterocycles. The Labute approximate surface area is 105 Å². The van der Waals surface area contributed by atoms with Gasteiger partial charge in [-0.15, -0.1) is 0 Å². The summed E-state index contributed by atoms with van der Waals surface area (Å²) in [5, 5.41) is 13.8. The number of carbonyl (C=O) groups is 2. The minimum Gasteiger partial charge on any atom is -0.480 e. The van der Waals surface area contributed by atoms with Crippen LogP contribution < -0.4 is 10.6 Å². The van der Waals surface area contributed by atoms with E-state index in [0.29, 0.717) is 13.0 Å². The molecule has 1 aromatic heterocycles. The summed E-state index contributed by atoms with van der Waals surface area (Å²) < 4.78 is 0. The lowest BCUT2D eigenvalue weighted by Gasteiger charge is -2.12. The number of nitrogens with zero attached hydrogens (tertiary/aromatic N) is 1. The quantitative estimate of drug-likeness (QED) is 0.531. The topological polar surface area (TPSA) is 107 Å². The van der Waals surface area contributed by atoms with Crippen LogP contribution in [0.15, 0.2) is 12.4 Å². The van der Waals surface area contributed by atoms with Crippen LogP contribution in [0, 0.1) is 0 Å². The van der Waals surface area contributed by atoms with E-state index in [-0.39, 0.29) is 0 Å². The molecule has 0 saturated heterocycles. The van der Waals surface area contributed by atoms with Gasteiger partial charge in [-0.1, -0.05) is 6.92 Å². The van der Waals surface area contributed by atoms with E-state index in [1.807, 2.05) is 0 Å². The second-order valence-electron chi connectivity index (χ2n) is 3.84. The van der Waals surface area contributed by atoms with Crippen molar-refractivity contribution in [2.24, 2.45) is 0 Å². The zero-order chi connectivity index (χ0) is 13.4. The molecule has 0 aliphatic carbocycles. The van der Waals surface area contributed by atoms with Crippen LogP contribution in [0.2, 0.25) is 0 Å². The number of aromatic amines is 1. The first kappa shape index (κ1) is 14.0. The highest BCUT2D eigenvalue weighted by Gasteiger charge is 2.16. The van der Waals surface area contributed by atoms with E-state index in [2.05, 4.69) is 20.6 Å². The molecule has 0 saturated carbocycles. The number of urea groups is 1. The van der Waals surface area contributed by atoms with E-state index in [9.17, 15) is 9.59 Å². The Bertz CT molecular complexity index is 378. The average molecular weight is 254 g/mol. The van der Waals surface area contributed by atoms with Gasteiger partial charge in [0.25, 0.3) is 0 Å². The number of hydrogen-bond acceptors (Lipinski definition) is 3. The zero-order valence-electron chi connectivity index (χ0n) is 10.3. The van der Waals surface area contributed by atoms with Crippen LogP contribution >= 0.6 is 0 Å². The van der Waals surface area contributed by atoms with Crippen molar-refractivity contribution < 1.29 is 14.7 Å². The first-order chi connectivity index (χ1) is 8.63. The third-order valence-corrected chi connectivity index (χ3v) is 2.44. The maximum atomic E-state index is 11.4. The Balaban J connectivity index is 2.15.